The van der Waals surface area contributed by atoms with Crippen LogP contribution in [0.1, 0.15) is 31.4 Å². The highest BCUT2D eigenvalue weighted by Crippen LogP contribution is 2.26. The lowest BCUT2D eigenvalue weighted by atomic mass is 9.98. The number of halogens is 3. The Kier molecular flexibility index (Phi) is 4.65. The molecule has 1 aromatic carbocycles. The summed E-state index contributed by atoms with van der Waals surface area (Å²) in [6.45, 7) is 1.85. The molecule has 0 aliphatic carbocycles. The minimum atomic E-state index is -1.07. The fourth-order valence-electron chi connectivity index (χ4n) is 1.54. The number of hydrogen-bond donors (Lipinski definition) is 2. The molecular formula is C11H14ClF2NO. The fraction of sp³-hybridized carbons (Fsp3) is 0.455. The van der Waals surface area contributed by atoms with Gasteiger partial charge in [0.05, 0.1) is 12.1 Å². The van der Waals surface area contributed by atoms with E-state index in [4.69, 9.17) is 17.3 Å². The van der Waals surface area contributed by atoms with Gasteiger partial charge in [-0.3, -0.25) is 0 Å². The molecule has 0 aromatic heterocycles. The van der Waals surface area contributed by atoms with Crippen LogP contribution in [-0.2, 0) is 0 Å². The highest BCUT2D eigenvalue weighted by Gasteiger charge is 2.23. The van der Waals surface area contributed by atoms with Crippen molar-refractivity contribution in [3.8, 4) is 0 Å². The quantitative estimate of drug-likeness (QED) is 0.862. The standard InChI is InChI=1S/C11H14ClF2NO/c1-2-3-9(16)11(15)10-7(13)4-6(12)5-8(10)14/h4-5,9,11,16H,2-3,15H2,1H3/t9-,11-/m0/s1. The van der Waals surface area contributed by atoms with Crippen LogP contribution in [0.2, 0.25) is 5.02 Å². The van der Waals surface area contributed by atoms with Crippen LogP contribution in [0.15, 0.2) is 12.1 Å². The Morgan fingerprint density at radius 3 is 2.31 bits per heavy atom. The molecule has 3 N–H and O–H groups in total. The number of aliphatic hydroxyl groups excluding tert-OH is 1. The van der Waals surface area contributed by atoms with Crippen LogP contribution in [0.25, 0.3) is 0 Å². The van der Waals surface area contributed by atoms with E-state index >= 15 is 0 Å². The second kappa shape index (κ2) is 5.57. The molecule has 0 saturated heterocycles. The molecule has 0 spiro atoms. The molecule has 0 aliphatic heterocycles. The van der Waals surface area contributed by atoms with Gasteiger partial charge in [0, 0.05) is 10.6 Å². The van der Waals surface area contributed by atoms with Gasteiger partial charge in [-0.2, -0.15) is 0 Å². The van der Waals surface area contributed by atoms with Gasteiger partial charge >= 0.3 is 0 Å². The molecule has 5 heteroatoms. The molecular weight excluding hydrogens is 236 g/mol. The molecule has 1 aromatic rings. The van der Waals surface area contributed by atoms with Crippen LogP contribution in [0.3, 0.4) is 0 Å². The summed E-state index contributed by atoms with van der Waals surface area (Å²) in [5.41, 5.74) is 5.29. The van der Waals surface area contributed by atoms with Crippen molar-refractivity contribution in [2.45, 2.75) is 31.9 Å². The van der Waals surface area contributed by atoms with E-state index in [2.05, 4.69) is 0 Å². The Balaban J connectivity index is 3.03. The molecule has 0 aliphatic rings. The highest BCUT2D eigenvalue weighted by molar-refractivity contribution is 6.30. The number of nitrogens with two attached hydrogens (primary N) is 1. The minimum absolute atomic E-state index is 0.0315. The van der Waals surface area contributed by atoms with Crippen LogP contribution in [0.4, 0.5) is 8.78 Å². The van der Waals surface area contributed by atoms with E-state index in [1.807, 2.05) is 6.92 Å². The zero-order chi connectivity index (χ0) is 12.3. The zero-order valence-corrected chi connectivity index (χ0v) is 9.64. The van der Waals surface area contributed by atoms with Gasteiger partial charge in [-0.05, 0) is 18.6 Å². The van der Waals surface area contributed by atoms with E-state index < -0.39 is 23.8 Å². The number of rotatable bonds is 4. The summed E-state index contributed by atoms with van der Waals surface area (Å²) in [6, 6.07) is 0.897. The van der Waals surface area contributed by atoms with Crippen molar-refractivity contribution in [1.29, 1.82) is 0 Å². The molecule has 0 heterocycles. The summed E-state index contributed by atoms with van der Waals surface area (Å²) in [5, 5.41) is 9.57. The van der Waals surface area contributed by atoms with Crippen molar-refractivity contribution in [1.82, 2.24) is 0 Å². The van der Waals surface area contributed by atoms with Crippen molar-refractivity contribution in [2.75, 3.05) is 0 Å². The largest absolute Gasteiger partial charge is 0.391 e. The molecule has 2 nitrogen and oxygen atoms in total. The van der Waals surface area contributed by atoms with Gasteiger partial charge in [0.1, 0.15) is 11.6 Å². The lowest BCUT2D eigenvalue weighted by molar-refractivity contribution is 0.131. The van der Waals surface area contributed by atoms with Gasteiger partial charge in [-0.15, -0.1) is 0 Å². The third-order valence-electron chi connectivity index (χ3n) is 2.38. The smallest absolute Gasteiger partial charge is 0.132 e. The third-order valence-corrected chi connectivity index (χ3v) is 2.59. The first-order valence-electron chi connectivity index (χ1n) is 5.05. The van der Waals surface area contributed by atoms with E-state index in [1.54, 1.807) is 0 Å². The average Bonchev–Trinajstić information content (AvgIpc) is 2.16. The molecule has 0 unspecified atom stereocenters. The summed E-state index contributed by atoms with van der Waals surface area (Å²) in [5.74, 6) is -1.65. The predicted octanol–water partition coefficient (Wildman–Crippen LogP) is 2.78. The van der Waals surface area contributed by atoms with Gasteiger partial charge < -0.3 is 10.8 Å². The molecule has 90 valence electrons. The monoisotopic (exact) mass is 249 g/mol. The van der Waals surface area contributed by atoms with Crippen LogP contribution >= 0.6 is 11.6 Å². The summed E-state index contributed by atoms with van der Waals surface area (Å²) in [6.07, 6.45) is 0.115. The van der Waals surface area contributed by atoms with Crippen molar-refractivity contribution in [3.05, 3.63) is 34.4 Å². The molecule has 0 amide bonds. The van der Waals surface area contributed by atoms with E-state index in [1.165, 1.54) is 0 Å². The Morgan fingerprint density at radius 2 is 1.88 bits per heavy atom. The Morgan fingerprint density at radius 1 is 1.38 bits per heavy atom. The average molecular weight is 250 g/mol. The predicted molar refractivity (Wildman–Crippen MR) is 59.2 cm³/mol. The van der Waals surface area contributed by atoms with Gasteiger partial charge in [0.2, 0.25) is 0 Å². The summed E-state index contributed by atoms with van der Waals surface area (Å²) in [7, 11) is 0. The first-order valence-corrected chi connectivity index (χ1v) is 5.43. The SMILES string of the molecule is CCC[C@H](O)[C@H](N)c1c(F)cc(Cl)cc1F. The maximum Gasteiger partial charge on any atom is 0.132 e. The molecule has 0 bridgehead atoms. The first-order chi connectivity index (χ1) is 7.47. The molecule has 0 saturated carbocycles. The van der Waals surface area contributed by atoms with Crippen molar-refractivity contribution in [2.24, 2.45) is 5.73 Å². The van der Waals surface area contributed by atoms with E-state index in [0.29, 0.717) is 12.8 Å². The van der Waals surface area contributed by atoms with Gasteiger partial charge in [-0.1, -0.05) is 24.9 Å². The number of hydrogen-bond acceptors (Lipinski definition) is 2. The molecule has 0 fully saturated rings. The maximum absolute atomic E-state index is 13.4. The lowest BCUT2D eigenvalue weighted by Gasteiger charge is -2.19. The van der Waals surface area contributed by atoms with Crippen LogP contribution in [0, 0.1) is 11.6 Å². The van der Waals surface area contributed by atoms with Crippen LogP contribution in [-0.4, -0.2) is 11.2 Å². The Bertz CT molecular complexity index is 350. The van der Waals surface area contributed by atoms with Crippen molar-refractivity contribution < 1.29 is 13.9 Å². The van der Waals surface area contributed by atoms with Crippen molar-refractivity contribution >= 4 is 11.6 Å². The summed E-state index contributed by atoms with van der Waals surface area (Å²) in [4.78, 5) is 0. The fourth-order valence-corrected chi connectivity index (χ4v) is 1.73. The topological polar surface area (TPSA) is 46.2 Å². The second-order valence-electron chi connectivity index (χ2n) is 3.66. The Labute approximate surface area is 98.0 Å². The molecule has 0 radical (unpaired) electrons. The molecule has 2 atom stereocenters. The highest BCUT2D eigenvalue weighted by atomic mass is 35.5. The van der Waals surface area contributed by atoms with Crippen molar-refractivity contribution in [3.63, 3.8) is 0 Å². The summed E-state index contributed by atoms with van der Waals surface area (Å²) >= 11 is 5.48. The van der Waals surface area contributed by atoms with Gasteiger partial charge in [0.25, 0.3) is 0 Å². The lowest BCUT2D eigenvalue weighted by Crippen LogP contribution is -2.28. The maximum atomic E-state index is 13.4. The Hall–Kier alpha value is -0.710. The van der Waals surface area contributed by atoms with E-state index in [9.17, 15) is 13.9 Å². The van der Waals surface area contributed by atoms with Gasteiger partial charge in [0.15, 0.2) is 0 Å². The third kappa shape index (κ3) is 2.90. The van der Waals surface area contributed by atoms with Crippen LogP contribution < -0.4 is 5.73 Å². The van der Waals surface area contributed by atoms with E-state index in [-0.39, 0.29) is 10.6 Å². The van der Waals surface area contributed by atoms with Gasteiger partial charge in [-0.25, -0.2) is 8.78 Å². The second-order valence-corrected chi connectivity index (χ2v) is 4.10. The number of benzene rings is 1. The van der Waals surface area contributed by atoms with Crippen LogP contribution in [0.5, 0.6) is 0 Å². The molecule has 1 rings (SSSR count). The number of aliphatic hydroxyl groups is 1. The normalized spacial score (nSPS) is 14.9. The zero-order valence-electron chi connectivity index (χ0n) is 8.88. The van der Waals surface area contributed by atoms with E-state index in [0.717, 1.165) is 12.1 Å². The molecule has 16 heavy (non-hydrogen) atoms. The first kappa shape index (κ1) is 13.4. The summed E-state index contributed by atoms with van der Waals surface area (Å²) < 4.78 is 26.9. The minimum Gasteiger partial charge on any atom is -0.391 e.